The van der Waals surface area contributed by atoms with Crippen LogP contribution in [0, 0.1) is 0 Å². The monoisotopic (exact) mass is 212 g/mol. The molecule has 0 aromatic carbocycles. The molecule has 5 nitrogen and oxygen atoms in total. The number of nitrogens with two attached hydrogens (primary N) is 1. The zero-order chi connectivity index (χ0) is 10.6. The average molecular weight is 212 g/mol. The molecule has 14 heavy (non-hydrogen) atoms. The van der Waals surface area contributed by atoms with Crippen LogP contribution in [0.25, 0.3) is 5.57 Å². The van der Waals surface area contributed by atoms with Gasteiger partial charge in [-0.3, -0.25) is 9.59 Å². The molecule has 0 saturated heterocycles. The van der Waals surface area contributed by atoms with E-state index in [-0.39, 0.29) is 12.0 Å². The minimum atomic E-state index is -0.993. The number of nitrogens with zero attached hydrogens (tertiary/aromatic N) is 1. The van der Waals surface area contributed by atoms with E-state index in [2.05, 4.69) is 4.98 Å². The second kappa shape index (κ2) is 4.52. The number of aromatic nitrogens is 1. The number of aldehydes is 1. The van der Waals surface area contributed by atoms with E-state index in [4.69, 9.17) is 10.8 Å². The molecule has 1 rings (SSSR count). The number of nitrogen functional groups attached to an aromatic ring is 1. The zero-order valence-corrected chi connectivity index (χ0v) is 7.95. The van der Waals surface area contributed by atoms with Gasteiger partial charge in [-0.15, -0.1) is 11.3 Å². The highest BCUT2D eigenvalue weighted by atomic mass is 32.1. The Morgan fingerprint density at radius 2 is 2.43 bits per heavy atom. The Bertz CT molecular complexity index is 384. The second-order valence-electron chi connectivity index (χ2n) is 2.45. The Morgan fingerprint density at radius 3 is 2.86 bits per heavy atom. The van der Waals surface area contributed by atoms with Crippen LogP contribution in [0.4, 0.5) is 5.13 Å². The van der Waals surface area contributed by atoms with Crippen LogP contribution in [0.2, 0.25) is 0 Å². The maximum atomic E-state index is 10.6. The molecular formula is C8H8N2O3S. The average Bonchev–Trinajstić information content (AvgIpc) is 2.53. The van der Waals surface area contributed by atoms with Crippen molar-refractivity contribution < 1.29 is 14.7 Å². The largest absolute Gasteiger partial charge is 0.481 e. The van der Waals surface area contributed by atoms with Crippen molar-refractivity contribution in [3.63, 3.8) is 0 Å². The van der Waals surface area contributed by atoms with Crippen LogP contribution in [-0.2, 0) is 9.59 Å². The summed E-state index contributed by atoms with van der Waals surface area (Å²) in [6.45, 7) is 0. The summed E-state index contributed by atoms with van der Waals surface area (Å²) >= 11 is 1.20. The fraction of sp³-hybridized carbons (Fsp3) is 0.125. The van der Waals surface area contributed by atoms with Crippen LogP contribution in [0.3, 0.4) is 0 Å². The van der Waals surface area contributed by atoms with Crippen LogP contribution in [-0.4, -0.2) is 22.3 Å². The third kappa shape index (κ3) is 2.67. The van der Waals surface area contributed by atoms with Gasteiger partial charge in [-0.2, -0.15) is 0 Å². The number of anilines is 1. The van der Waals surface area contributed by atoms with Crippen molar-refractivity contribution >= 4 is 34.3 Å². The molecule has 1 aromatic heterocycles. The topological polar surface area (TPSA) is 93.3 Å². The van der Waals surface area contributed by atoms with Gasteiger partial charge in [0.25, 0.3) is 0 Å². The number of rotatable bonds is 4. The van der Waals surface area contributed by atoms with Gasteiger partial charge in [0.1, 0.15) is 0 Å². The van der Waals surface area contributed by atoms with Gasteiger partial charge in [-0.1, -0.05) is 6.08 Å². The van der Waals surface area contributed by atoms with Gasteiger partial charge < -0.3 is 10.8 Å². The van der Waals surface area contributed by atoms with E-state index in [1.807, 2.05) is 0 Å². The van der Waals surface area contributed by atoms with Gasteiger partial charge in [-0.25, -0.2) is 4.98 Å². The number of allylic oxidation sites excluding steroid dienone is 1. The Kier molecular flexibility index (Phi) is 3.35. The van der Waals surface area contributed by atoms with E-state index in [1.54, 1.807) is 5.38 Å². The number of hydrogen-bond donors (Lipinski definition) is 2. The van der Waals surface area contributed by atoms with E-state index in [0.717, 1.165) is 0 Å². The normalized spacial score (nSPS) is 11.3. The first-order valence-corrected chi connectivity index (χ1v) is 4.60. The molecule has 0 aliphatic rings. The predicted molar refractivity (Wildman–Crippen MR) is 52.8 cm³/mol. The molecule has 74 valence electrons. The minimum absolute atomic E-state index is 0.203. The molecular weight excluding hydrogens is 204 g/mol. The lowest BCUT2D eigenvalue weighted by atomic mass is 10.2. The third-order valence-corrected chi connectivity index (χ3v) is 2.12. The summed E-state index contributed by atoms with van der Waals surface area (Å²) in [5, 5.41) is 10.4. The molecule has 1 heterocycles. The molecule has 0 fully saturated rings. The van der Waals surface area contributed by atoms with Crippen molar-refractivity contribution in [1.82, 2.24) is 4.98 Å². The molecule has 0 radical (unpaired) electrons. The second-order valence-corrected chi connectivity index (χ2v) is 3.34. The summed E-state index contributed by atoms with van der Waals surface area (Å²) in [5.41, 5.74) is 6.05. The Balaban J connectivity index is 2.86. The molecule has 0 atom stereocenters. The molecule has 3 N–H and O–H groups in total. The highest BCUT2D eigenvalue weighted by Gasteiger charge is 2.05. The fourth-order valence-corrected chi connectivity index (χ4v) is 1.40. The molecule has 0 aliphatic heterocycles. The van der Waals surface area contributed by atoms with Crippen LogP contribution >= 0.6 is 11.3 Å². The van der Waals surface area contributed by atoms with Crippen LogP contribution in [0.1, 0.15) is 12.1 Å². The van der Waals surface area contributed by atoms with Gasteiger partial charge in [-0.05, 0) is 0 Å². The maximum Gasteiger partial charge on any atom is 0.307 e. The van der Waals surface area contributed by atoms with E-state index in [9.17, 15) is 9.59 Å². The standard InChI is InChI=1S/C8H8N2O3S/c9-8-10-6(4-14-8)5(3-11)1-2-7(12)13/h1,3-4H,2H2,(H2,9,10)(H,12,13)/b5-1+. The van der Waals surface area contributed by atoms with Gasteiger partial charge >= 0.3 is 5.97 Å². The number of carbonyl (C=O) groups excluding carboxylic acids is 1. The van der Waals surface area contributed by atoms with Crippen molar-refractivity contribution in [2.45, 2.75) is 6.42 Å². The van der Waals surface area contributed by atoms with Crippen LogP contribution in [0.15, 0.2) is 11.5 Å². The highest BCUT2D eigenvalue weighted by Crippen LogP contribution is 2.17. The summed E-state index contributed by atoms with van der Waals surface area (Å²) in [5.74, 6) is -0.993. The Morgan fingerprint density at radius 1 is 1.71 bits per heavy atom. The fourth-order valence-electron chi connectivity index (χ4n) is 0.831. The molecule has 0 saturated carbocycles. The number of carbonyl (C=O) groups is 2. The van der Waals surface area contributed by atoms with Crippen molar-refractivity contribution in [2.75, 3.05) is 5.73 Å². The van der Waals surface area contributed by atoms with E-state index in [0.29, 0.717) is 17.1 Å². The van der Waals surface area contributed by atoms with Gasteiger partial charge in [0.15, 0.2) is 11.4 Å². The summed E-state index contributed by atoms with van der Waals surface area (Å²) in [7, 11) is 0. The Hall–Kier alpha value is -1.69. The van der Waals surface area contributed by atoms with E-state index in [1.165, 1.54) is 17.4 Å². The van der Waals surface area contributed by atoms with E-state index < -0.39 is 5.97 Å². The van der Waals surface area contributed by atoms with Crippen molar-refractivity contribution in [2.24, 2.45) is 0 Å². The van der Waals surface area contributed by atoms with Gasteiger partial charge in [0.2, 0.25) is 0 Å². The number of thiazole rings is 1. The third-order valence-electron chi connectivity index (χ3n) is 1.44. The number of hydrogen-bond acceptors (Lipinski definition) is 5. The summed E-state index contributed by atoms with van der Waals surface area (Å²) in [6.07, 6.45) is 1.67. The SMILES string of the molecule is Nc1nc(/C(C=O)=C/CC(=O)O)cs1. The number of carboxylic acids is 1. The lowest BCUT2D eigenvalue weighted by Gasteiger charge is -1.92. The summed E-state index contributed by atoms with van der Waals surface area (Å²) in [6, 6.07) is 0. The van der Waals surface area contributed by atoms with Gasteiger partial charge in [0, 0.05) is 11.0 Å². The maximum absolute atomic E-state index is 10.6. The summed E-state index contributed by atoms with van der Waals surface area (Å²) in [4.78, 5) is 24.7. The lowest BCUT2D eigenvalue weighted by Crippen LogP contribution is -1.94. The molecule has 0 spiro atoms. The predicted octanol–water partition coefficient (Wildman–Crippen LogP) is 0.782. The minimum Gasteiger partial charge on any atom is -0.481 e. The zero-order valence-electron chi connectivity index (χ0n) is 7.14. The van der Waals surface area contributed by atoms with Crippen molar-refractivity contribution in [1.29, 1.82) is 0 Å². The first kappa shape index (κ1) is 10.4. The quantitative estimate of drug-likeness (QED) is 0.568. The molecule has 0 amide bonds. The first-order valence-electron chi connectivity index (χ1n) is 3.72. The molecule has 0 unspecified atom stereocenters. The van der Waals surface area contributed by atoms with Crippen molar-refractivity contribution in [3.05, 3.63) is 17.2 Å². The van der Waals surface area contributed by atoms with E-state index >= 15 is 0 Å². The molecule has 0 bridgehead atoms. The first-order chi connectivity index (χ1) is 6.63. The van der Waals surface area contributed by atoms with Crippen LogP contribution < -0.4 is 5.73 Å². The summed E-state index contributed by atoms with van der Waals surface area (Å²) < 4.78 is 0. The molecule has 6 heteroatoms. The smallest absolute Gasteiger partial charge is 0.307 e. The molecule has 1 aromatic rings. The highest BCUT2D eigenvalue weighted by molar-refractivity contribution is 7.13. The lowest BCUT2D eigenvalue weighted by molar-refractivity contribution is -0.135. The number of carboxylic acid groups (broad SMARTS) is 1. The Labute approximate surface area is 83.9 Å². The number of aliphatic carboxylic acids is 1. The molecule has 0 aliphatic carbocycles. The van der Waals surface area contributed by atoms with Crippen LogP contribution in [0.5, 0.6) is 0 Å². The van der Waals surface area contributed by atoms with Crippen molar-refractivity contribution in [3.8, 4) is 0 Å². The van der Waals surface area contributed by atoms with Gasteiger partial charge in [0.05, 0.1) is 12.1 Å².